The molecular formula is C20H18BrN9. The largest absolute Gasteiger partial charge is 0.353 e. The van der Waals surface area contributed by atoms with Gasteiger partial charge in [-0.15, -0.1) is 10.2 Å². The van der Waals surface area contributed by atoms with Crippen LogP contribution in [0.4, 0.5) is 5.82 Å². The number of aliphatic imine (C=N–C) groups is 1. The summed E-state index contributed by atoms with van der Waals surface area (Å²) in [5.41, 5.74) is 3.67. The van der Waals surface area contributed by atoms with Crippen molar-refractivity contribution < 1.29 is 0 Å². The van der Waals surface area contributed by atoms with Crippen LogP contribution in [-0.2, 0) is 13.5 Å². The first-order valence-electron chi connectivity index (χ1n) is 9.34. The Balaban J connectivity index is 1.39. The van der Waals surface area contributed by atoms with E-state index < -0.39 is 0 Å². The van der Waals surface area contributed by atoms with Crippen LogP contribution in [0, 0.1) is 0 Å². The van der Waals surface area contributed by atoms with E-state index in [1.807, 2.05) is 60.4 Å². The van der Waals surface area contributed by atoms with Gasteiger partial charge in [-0.2, -0.15) is 5.10 Å². The quantitative estimate of drug-likeness (QED) is 0.471. The van der Waals surface area contributed by atoms with Gasteiger partial charge in [0.25, 0.3) is 0 Å². The topological polar surface area (TPSA) is 97.3 Å². The Morgan fingerprint density at radius 1 is 1.20 bits per heavy atom. The average molecular weight is 464 g/mol. The molecule has 1 atom stereocenters. The first-order valence-corrected chi connectivity index (χ1v) is 10.1. The zero-order chi connectivity index (χ0) is 20.5. The van der Waals surface area contributed by atoms with Crippen LogP contribution in [0.25, 0.3) is 5.65 Å². The summed E-state index contributed by atoms with van der Waals surface area (Å²) in [6, 6.07) is 7.95. The van der Waals surface area contributed by atoms with Crippen LogP contribution in [0.3, 0.4) is 0 Å². The molecule has 10 heteroatoms. The van der Waals surface area contributed by atoms with Gasteiger partial charge in [-0.1, -0.05) is 0 Å². The molecule has 0 saturated heterocycles. The molecular weight excluding hydrogens is 446 g/mol. The summed E-state index contributed by atoms with van der Waals surface area (Å²) < 4.78 is 4.70. The predicted molar refractivity (Wildman–Crippen MR) is 117 cm³/mol. The van der Waals surface area contributed by atoms with E-state index in [0.29, 0.717) is 6.42 Å². The van der Waals surface area contributed by atoms with Crippen LogP contribution < -0.4 is 10.6 Å². The maximum absolute atomic E-state index is 4.75. The molecule has 1 aliphatic heterocycles. The fraction of sp³-hybridized carbons (Fsp3) is 0.150. The van der Waals surface area contributed by atoms with Gasteiger partial charge in [0.1, 0.15) is 11.6 Å². The number of anilines is 1. The summed E-state index contributed by atoms with van der Waals surface area (Å²) in [6.45, 7) is 0. The molecule has 30 heavy (non-hydrogen) atoms. The Bertz CT molecular complexity index is 1270. The van der Waals surface area contributed by atoms with Crippen molar-refractivity contribution in [2.75, 3.05) is 5.32 Å². The molecule has 0 aromatic carbocycles. The normalized spacial score (nSPS) is 15.8. The number of allylic oxidation sites excluding steroid dienone is 1. The third kappa shape index (κ3) is 3.69. The summed E-state index contributed by atoms with van der Waals surface area (Å²) in [4.78, 5) is 8.97. The Hall–Kier alpha value is -3.53. The molecule has 0 fully saturated rings. The number of pyridine rings is 2. The Labute approximate surface area is 180 Å². The summed E-state index contributed by atoms with van der Waals surface area (Å²) in [6.07, 6.45) is 11.5. The Morgan fingerprint density at radius 3 is 2.97 bits per heavy atom. The van der Waals surface area contributed by atoms with Crippen molar-refractivity contribution in [2.45, 2.75) is 12.7 Å². The number of hydrogen-bond donors (Lipinski definition) is 2. The molecule has 4 aromatic heterocycles. The highest BCUT2D eigenvalue weighted by Gasteiger charge is 2.14. The molecule has 2 N–H and O–H groups in total. The van der Waals surface area contributed by atoms with Crippen molar-refractivity contribution in [1.29, 1.82) is 0 Å². The third-order valence-electron chi connectivity index (χ3n) is 4.77. The first-order chi connectivity index (χ1) is 14.7. The van der Waals surface area contributed by atoms with Gasteiger partial charge in [0.15, 0.2) is 11.9 Å². The number of fused-ring (bicyclic) bond motifs is 1. The van der Waals surface area contributed by atoms with Gasteiger partial charge in [0.05, 0.1) is 11.9 Å². The number of halogens is 1. The van der Waals surface area contributed by atoms with Crippen LogP contribution in [0.5, 0.6) is 0 Å². The molecule has 150 valence electrons. The van der Waals surface area contributed by atoms with Crippen molar-refractivity contribution in [3.8, 4) is 0 Å². The van der Waals surface area contributed by atoms with Crippen molar-refractivity contribution in [3.63, 3.8) is 0 Å². The fourth-order valence-corrected chi connectivity index (χ4v) is 3.71. The van der Waals surface area contributed by atoms with E-state index in [9.17, 15) is 0 Å². The smallest absolute Gasteiger partial charge is 0.195 e. The van der Waals surface area contributed by atoms with E-state index in [0.717, 1.165) is 38.6 Å². The second kappa shape index (κ2) is 7.71. The predicted octanol–water partition coefficient (Wildman–Crippen LogP) is 2.51. The Morgan fingerprint density at radius 2 is 2.13 bits per heavy atom. The van der Waals surface area contributed by atoms with Crippen LogP contribution in [0.1, 0.15) is 17.0 Å². The van der Waals surface area contributed by atoms with Gasteiger partial charge < -0.3 is 10.6 Å². The van der Waals surface area contributed by atoms with Crippen LogP contribution >= 0.6 is 15.9 Å². The third-order valence-corrected chi connectivity index (χ3v) is 5.20. The monoisotopic (exact) mass is 463 g/mol. The molecule has 1 aliphatic rings. The molecule has 0 saturated carbocycles. The van der Waals surface area contributed by atoms with Crippen molar-refractivity contribution >= 4 is 33.1 Å². The van der Waals surface area contributed by atoms with E-state index >= 15 is 0 Å². The Kier molecular flexibility index (Phi) is 4.75. The minimum absolute atomic E-state index is 0.283. The summed E-state index contributed by atoms with van der Waals surface area (Å²) in [5.74, 6) is 1.74. The molecule has 4 aromatic rings. The second-order valence-electron chi connectivity index (χ2n) is 6.85. The lowest BCUT2D eigenvalue weighted by atomic mass is 10.1. The molecule has 5 rings (SSSR count). The lowest BCUT2D eigenvalue weighted by molar-refractivity contribution is 0.661. The van der Waals surface area contributed by atoms with Gasteiger partial charge in [0, 0.05) is 54.4 Å². The van der Waals surface area contributed by atoms with E-state index in [2.05, 4.69) is 46.8 Å². The maximum atomic E-state index is 4.75. The van der Waals surface area contributed by atoms with Gasteiger partial charge in [-0.05, 0) is 45.8 Å². The molecule has 1 unspecified atom stereocenters. The molecule has 0 spiro atoms. The summed E-state index contributed by atoms with van der Waals surface area (Å²) in [5, 5.41) is 19.4. The molecule has 0 amide bonds. The highest BCUT2D eigenvalue weighted by atomic mass is 79.9. The van der Waals surface area contributed by atoms with Gasteiger partial charge in [-0.25, -0.2) is 4.99 Å². The highest BCUT2D eigenvalue weighted by Crippen LogP contribution is 2.16. The van der Waals surface area contributed by atoms with E-state index in [4.69, 9.17) is 4.99 Å². The molecule has 5 heterocycles. The zero-order valence-corrected chi connectivity index (χ0v) is 17.7. The molecule has 0 aliphatic carbocycles. The van der Waals surface area contributed by atoms with E-state index in [1.165, 1.54) is 0 Å². The first kappa shape index (κ1) is 18.5. The van der Waals surface area contributed by atoms with Gasteiger partial charge >= 0.3 is 0 Å². The second-order valence-corrected chi connectivity index (χ2v) is 7.76. The number of nitrogens with zero attached hydrogens (tertiary/aromatic N) is 7. The molecule has 9 nitrogen and oxygen atoms in total. The number of aryl methyl sites for hydroxylation is 1. The van der Waals surface area contributed by atoms with E-state index in [-0.39, 0.29) is 6.29 Å². The van der Waals surface area contributed by atoms with Crippen LogP contribution in [0.15, 0.2) is 70.8 Å². The average Bonchev–Trinajstić information content (AvgIpc) is 3.34. The minimum Gasteiger partial charge on any atom is -0.353 e. The number of aromatic nitrogens is 6. The van der Waals surface area contributed by atoms with Crippen LogP contribution in [-0.4, -0.2) is 41.4 Å². The lowest BCUT2D eigenvalue weighted by Gasteiger charge is -2.20. The standard InChI is InChI=1S/C20H18BrN9/c1-29-17(3-6-24-29)26-20-23-5-2-16(25-20)14-4-7-30-18(27-28-19(30)10-14)9-13-8-15(21)12-22-11-13/h2-8,10-12,20,23,26H,9H2,1H3. The number of hydrogen-bond acceptors (Lipinski definition) is 7. The summed E-state index contributed by atoms with van der Waals surface area (Å²) in [7, 11) is 1.88. The minimum atomic E-state index is -0.283. The highest BCUT2D eigenvalue weighted by molar-refractivity contribution is 9.10. The summed E-state index contributed by atoms with van der Waals surface area (Å²) >= 11 is 3.46. The molecule has 0 radical (unpaired) electrons. The maximum Gasteiger partial charge on any atom is 0.195 e. The van der Waals surface area contributed by atoms with Crippen molar-refractivity contribution in [3.05, 3.63) is 82.8 Å². The number of nitrogens with one attached hydrogen (secondary N) is 2. The van der Waals surface area contributed by atoms with E-state index in [1.54, 1.807) is 17.1 Å². The number of rotatable bonds is 5. The van der Waals surface area contributed by atoms with Crippen molar-refractivity contribution in [1.82, 2.24) is 34.7 Å². The SMILES string of the molecule is Cn1nccc1NC1N=C(c2ccn3c(Cc4cncc(Br)c4)nnc3c2)C=CN1. The molecule has 0 bridgehead atoms. The van der Waals surface area contributed by atoms with Gasteiger partial charge in [0.2, 0.25) is 0 Å². The van der Waals surface area contributed by atoms with Crippen LogP contribution in [0.2, 0.25) is 0 Å². The lowest BCUT2D eigenvalue weighted by Crippen LogP contribution is -2.35. The fourth-order valence-electron chi connectivity index (χ4n) is 3.29. The zero-order valence-electron chi connectivity index (χ0n) is 16.1. The van der Waals surface area contributed by atoms with Gasteiger partial charge in [-0.3, -0.25) is 14.1 Å². The van der Waals surface area contributed by atoms with Crippen molar-refractivity contribution in [2.24, 2.45) is 12.0 Å².